The molecule has 6 heteroatoms. The fraction of sp³-hybridized carbons (Fsp3) is 0.364. The molecule has 0 atom stereocenters. The summed E-state index contributed by atoms with van der Waals surface area (Å²) in [7, 11) is 0. The van der Waals surface area contributed by atoms with E-state index in [1.807, 2.05) is 24.3 Å². The topological polar surface area (TPSA) is 80.0 Å². The van der Waals surface area contributed by atoms with Crippen molar-refractivity contribution in [2.75, 3.05) is 26.2 Å². The number of benzene rings is 2. The van der Waals surface area contributed by atoms with E-state index in [2.05, 4.69) is 41.4 Å². The van der Waals surface area contributed by atoms with Crippen LogP contribution in [0.3, 0.4) is 0 Å². The van der Waals surface area contributed by atoms with Crippen molar-refractivity contribution < 1.29 is 9.53 Å². The molecule has 148 valence electrons. The van der Waals surface area contributed by atoms with Crippen molar-refractivity contribution in [2.24, 2.45) is 10.7 Å². The van der Waals surface area contributed by atoms with Gasteiger partial charge in [0.1, 0.15) is 5.75 Å². The van der Waals surface area contributed by atoms with E-state index in [4.69, 9.17) is 15.5 Å². The summed E-state index contributed by atoms with van der Waals surface area (Å²) in [4.78, 5) is 17.9. The number of nitrogens with two attached hydrogens (primary N) is 1. The highest BCUT2D eigenvalue weighted by Crippen LogP contribution is 2.18. The molecule has 3 rings (SSSR count). The molecule has 28 heavy (non-hydrogen) atoms. The number of nitrogens with one attached hydrogen (secondary N) is 1. The molecule has 0 unspecified atom stereocenters. The molecule has 2 aromatic rings. The molecule has 0 fully saturated rings. The van der Waals surface area contributed by atoms with Gasteiger partial charge in [0.2, 0.25) is 0 Å². The van der Waals surface area contributed by atoms with Gasteiger partial charge in [0.05, 0.1) is 0 Å². The number of hydrogen-bond donors (Lipinski definition) is 2. The molecule has 2 aromatic carbocycles. The van der Waals surface area contributed by atoms with E-state index in [1.165, 1.54) is 16.7 Å². The second kappa shape index (κ2) is 9.78. The van der Waals surface area contributed by atoms with Crippen LogP contribution in [0, 0.1) is 0 Å². The van der Waals surface area contributed by atoms with Crippen LogP contribution in [0.2, 0.25) is 0 Å². The minimum Gasteiger partial charge on any atom is -0.484 e. The zero-order valence-electron chi connectivity index (χ0n) is 16.4. The third-order valence-corrected chi connectivity index (χ3v) is 4.73. The number of guanidine groups is 1. The third kappa shape index (κ3) is 5.49. The van der Waals surface area contributed by atoms with Crippen molar-refractivity contribution in [1.29, 1.82) is 0 Å². The summed E-state index contributed by atoms with van der Waals surface area (Å²) in [5.74, 6) is 1.14. The highest BCUT2D eigenvalue weighted by molar-refractivity contribution is 5.80. The average molecular weight is 380 g/mol. The van der Waals surface area contributed by atoms with E-state index >= 15 is 0 Å². The number of fused-ring (bicyclic) bond motifs is 1. The van der Waals surface area contributed by atoms with Crippen LogP contribution >= 0.6 is 0 Å². The number of carbonyl (C=O) groups is 1. The van der Waals surface area contributed by atoms with Crippen molar-refractivity contribution in [1.82, 2.24) is 10.2 Å². The Kier molecular flexibility index (Phi) is 6.89. The summed E-state index contributed by atoms with van der Waals surface area (Å²) in [5, 5.41) is 3.42. The van der Waals surface area contributed by atoms with Crippen molar-refractivity contribution in [2.45, 2.75) is 26.3 Å². The number of ether oxygens (including phenoxy) is 1. The number of hydrogen-bond acceptors (Lipinski definition) is 3. The molecule has 0 bridgehead atoms. The van der Waals surface area contributed by atoms with E-state index in [-0.39, 0.29) is 6.61 Å². The Bertz CT molecular complexity index is 818. The van der Waals surface area contributed by atoms with Gasteiger partial charge in [-0.25, -0.2) is 0 Å². The molecule has 0 spiro atoms. The quantitative estimate of drug-likeness (QED) is 0.570. The Hall–Kier alpha value is -3.02. The summed E-state index contributed by atoms with van der Waals surface area (Å²) in [6, 6.07) is 16.3. The van der Waals surface area contributed by atoms with Gasteiger partial charge >= 0.3 is 0 Å². The van der Waals surface area contributed by atoms with E-state index < -0.39 is 5.91 Å². The van der Waals surface area contributed by atoms with E-state index in [9.17, 15) is 4.79 Å². The summed E-state index contributed by atoms with van der Waals surface area (Å²) in [5.41, 5.74) is 9.08. The lowest BCUT2D eigenvalue weighted by molar-refractivity contribution is -0.119. The Labute approximate surface area is 166 Å². The first-order chi connectivity index (χ1) is 13.7. The average Bonchev–Trinajstić information content (AvgIpc) is 2.72. The molecular formula is C22H28N4O2. The van der Waals surface area contributed by atoms with Gasteiger partial charge in [-0.15, -0.1) is 0 Å². The number of nitrogens with zero attached hydrogens (tertiary/aromatic N) is 2. The minimum atomic E-state index is -0.477. The standard InChI is InChI=1S/C22H28N4O2/c1-2-24-22(26-14-12-18-5-3-4-6-19(18)15-26)25-13-11-17-7-9-20(10-8-17)28-16-21(23)27/h3-10H,2,11-16H2,1H3,(H2,23,27)(H,24,25). The molecule has 0 aromatic heterocycles. The molecule has 0 saturated heterocycles. The molecule has 0 radical (unpaired) electrons. The van der Waals surface area contributed by atoms with Crippen molar-refractivity contribution in [3.63, 3.8) is 0 Å². The normalized spacial score (nSPS) is 13.8. The second-order valence-electron chi connectivity index (χ2n) is 6.82. The lowest BCUT2D eigenvalue weighted by atomic mass is 10.0. The van der Waals surface area contributed by atoms with Gasteiger partial charge in [0, 0.05) is 26.2 Å². The highest BCUT2D eigenvalue weighted by Gasteiger charge is 2.18. The van der Waals surface area contributed by atoms with Gasteiger partial charge in [-0.1, -0.05) is 36.4 Å². The van der Waals surface area contributed by atoms with E-state index in [1.54, 1.807) is 0 Å². The molecule has 1 amide bonds. The van der Waals surface area contributed by atoms with Gasteiger partial charge < -0.3 is 20.7 Å². The van der Waals surface area contributed by atoms with Crippen LogP contribution in [0.15, 0.2) is 53.5 Å². The first-order valence-corrected chi connectivity index (χ1v) is 9.76. The van der Waals surface area contributed by atoms with Gasteiger partial charge in [-0.05, 0) is 48.6 Å². The van der Waals surface area contributed by atoms with Gasteiger partial charge in [-0.2, -0.15) is 0 Å². The Morgan fingerprint density at radius 1 is 1.18 bits per heavy atom. The van der Waals surface area contributed by atoms with Gasteiger partial charge in [0.25, 0.3) is 5.91 Å². The largest absolute Gasteiger partial charge is 0.484 e. The minimum absolute atomic E-state index is 0.103. The predicted octanol–water partition coefficient (Wildman–Crippen LogP) is 2.12. The van der Waals surface area contributed by atoms with Crippen LogP contribution in [0.4, 0.5) is 0 Å². The highest BCUT2D eigenvalue weighted by atomic mass is 16.5. The molecule has 1 aliphatic heterocycles. The fourth-order valence-electron chi connectivity index (χ4n) is 3.30. The Morgan fingerprint density at radius 3 is 2.64 bits per heavy atom. The number of carbonyl (C=O) groups excluding carboxylic acids is 1. The summed E-state index contributed by atoms with van der Waals surface area (Å²) in [6.07, 6.45) is 1.89. The number of amides is 1. The number of rotatable bonds is 7. The first kappa shape index (κ1) is 19.7. The maximum absolute atomic E-state index is 10.8. The molecule has 0 saturated carbocycles. The van der Waals surface area contributed by atoms with Crippen LogP contribution in [0.1, 0.15) is 23.6 Å². The molecule has 0 aliphatic carbocycles. The van der Waals surface area contributed by atoms with Gasteiger partial charge in [0.15, 0.2) is 12.6 Å². The van der Waals surface area contributed by atoms with Crippen LogP contribution in [-0.2, 0) is 24.2 Å². The van der Waals surface area contributed by atoms with E-state index in [0.29, 0.717) is 12.3 Å². The summed E-state index contributed by atoms with van der Waals surface area (Å²) < 4.78 is 5.29. The van der Waals surface area contributed by atoms with Crippen molar-refractivity contribution in [3.8, 4) is 5.75 Å². The lowest BCUT2D eigenvalue weighted by Gasteiger charge is -2.31. The van der Waals surface area contributed by atoms with Gasteiger partial charge in [-0.3, -0.25) is 9.79 Å². The number of primary amides is 1. The maximum atomic E-state index is 10.8. The molecule has 1 heterocycles. The lowest BCUT2D eigenvalue weighted by Crippen LogP contribution is -2.44. The zero-order chi connectivity index (χ0) is 19.8. The second-order valence-corrected chi connectivity index (χ2v) is 6.82. The van der Waals surface area contributed by atoms with Crippen molar-refractivity contribution >= 4 is 11.9 Å². The fourth-order valence-corrected chi connectivity index (χ4v) is 3.30. The predicted molar refractivity (Wildman–Crippen MR) is 111 cm³/mol. The SMILES string of the molecule is CCNC(=NCCc1ccc(OCC(N)=O)cc1)N1CCc2ccccc2C1. The van der Waals surface area contributed by atoms with Crippen LogP contribution in [0.5, 0.6) is 5.75 Å². The first-order valence-electron chi connectivity index (χ1n) is 9.76. The monoisotopic (exact) mass is 380 g/mol. The third-order valence-electron chi connectivity index (χ3n) is 4.73. The zero-order valence-corrected chi connectivity index (χ0v) is 16.4. The summed E-state index contributed by atoms with van der Waals surface area (Å²) >= 11 is 0. The smallest absolute Gasteiger partial charge is 0.255 e. The Morgan fingerprint density at radius 2 is 1.93 bits per heavy atom. The van der Waals surface area contributed by atoms with Crippen molar-refractivity contribution in [3.05, 3.63) is 65.2 Å². The maximum Gasteiger partial charge on any atom is 0.255 e. The molecule has 3 N–H and O–H groups in total. The van der Waals surface area contributed by atoms with Crippen LogP contribution in [-0.4, -0.2) is 43.0 Å². The van der Waals surface area contributed by atoms with Crippen LogP contribution < -0.4 is 15.8 Å². The summed E-state index contributed by atoms with van der Waals surface area (Å²) in [6.45, 7) is 5.43. The molecular weight excluding hydrogens is 352 g/mol. The Balaban J connectivity index is 1.57. The molecule has 6 nitrogen and oxygen atoms in total. The van der Waals surface area contributed by atoms with E-state index in [0.717, 1.165) is 38.4 Å². The number of aliphatic imine (C=N–C) groups is 1. The molecule has 1 aliphatic rings. The van der Waals surface area contributed by atoms with Crippen LogP contribution in [0.25, 0.3) is 0 Å².